The Morgan fingerprint density at radius 1 is 1.33 bits per heavy atom. The number of halogens is 1. The summed E-state index contributed by atoms with van der Waals surface area (Å²) in [5.74, 6) is -0.0638. The lowest BCUT2D eigenvalue weighted by molar-refractivity contribution is 0.189. The lowest BCUT2D eigenvalue weighted by atomic mass is 9.92. The molecular formula is C12H18FNO. The van der Waals surface area contributed by atoms with Gasteiger partial charge in [0, 0.05) is 18.6 Å². The van der Waals surface area contributed by atoms with Crippen LogP contribution in [0.3, 0.4) is 0 Å². The molecule has 0 spiro atoms. The van der Waals surface area contributed by atoms with Gasteiger partial charge in [0.1, 0.15) is 5.82 Å². The highest BCUT2D eigenvalue weighted by Crippen LogP contribution is 2.24. The maximum absolute atomic E-state index is 12.7. The van der Waals surface area contributed by atoms with E-state index in [1.54, 1.807) is 12.1 Å². The molecule has 0 fully saturated rings. The summed E-state index contributed by atoms with van der Waals surface area (Å²) < 4.78 is 12.7. The van der Waals surface area contributed by atoms with Crippen molar-refractivity contribution in [3.05, 3.63) is 35.6 Å². The molecule has 0 aliphatic rings. The van der Waals surface area contributed by atoms with Crippen LogP contribution in [0.5, 0.6) is 0 Å². The Labute approximate surface area is 90.1 Å². The Balaban J connectivity index is 2.86. The molecule has 0 aliphatic heterocycles. The van der Waals surface area contributed by atoms with E-state index in [4.69, 9.17) is 0 Å². The van der Waals surface area contributed by atoms with Crippen molar-refractivity contribution in [3.8, 4) is 0 Å². The van der Waals surface area contributed by atoms with Crippen molar-refractivity contribution in [2.45, 2.75) is 19.4 Å². The van der Waals surface area contributed by atoms with Gasteiger partial charge in [-0.05, 0) is 31.2 Å². The minimum atomic E-state index is -0.231. The summed E-state index contributed by atoms with van der Waals surface area (Å²) >= 11 is 0. The van der Waals surface area contributed by atoms with Gasteiger partial charge in [0.25, 0.3) is 0 Å². The lowest BCUT2D eigenvalue weighted by Gasteiger charge is -2.24. The van der Waals surface area contributed by atoms with Crippen molar-refractivity contribution < 1.29 is 9.50 Å². The van der Waals surface area contributed by atoms with Crippen LogP contribution in [-0.4, -0.2) is 18.8 Å². The molecule has 2 nitrogen and oxygen atoms in total. The summed E-state index contributed by atoms with van der Waals surface area (Å²) in [6.07, 6.45) is 0.888. The normalized spacial score (nSPS) is 14.9. The molecule has 3 heteroatoms. The topological polar surface area (TPSA) is 32.3 Å². The zero-order valence-electron chi connectivity index (χ0n) is 9.20. The average Bonchev–Trinajstić information content (AvgIpc) is 2.27. The van der Waals surface area contributed by atoms with Gasteiger partial charge in [0.05, 0.1) is 0 Å². The number of hydrogen-bond acceptors (Lipinski definition) is 2. The number of benzene rings is 1. The van der Waals surface area contributed by atoms with E-state index in [9.17, 15) is 9.50 Å². The van der Waals surface area contributed by atoms with Crippen LogP contribution in [0.25, 0.3) is 0 Å². The zero-order chi connectivity index (χ0) is 11.3. The van der Waals surface area contributed by atoms with Crippen LogP contribution in [0.2, 0.25) is 0 Å². The molecule has 0 aliphatic carbocycles. The summed E-state index contributed by atoms with van der Waals surface area (Å²) in [6.45, 7) is 2.17. The smallest absolute Gasteiger partial charge is 0.123 e. The number of aliphatic hydroxyl groups excluding tert-OH is 1. The summed E-state index contributed by atoms with van der Waals surface area (Å²) in [5, 5.41) is 12.4. The molecule has 0 heterocycles. The highest BCUT2D eigenvalue weighted by atomic mass is 19.1. The van der Waals surface area contributed by atoms with Gasteiger partial charge in [0.15, 0.2) is 0 Å². The molecule has 0 amide bonds. The largest absolute Gasteiger partial charge is 0.396 e. The Hall–Kier alpha value is -0.930. The molecule has 0 bridgehead atoms. The van der Waals surface area contributed by atoms with Gasteiger partial charge in [-0.2, -0.15) is 0 Å². The van der Waals surface area contributed by atoms with Crippen LogP contribution in [0.15, 0.2) is 24.3 Å². The fourth-order valence-electron chi connectivity index (χ4n) is 1.81. The van der Waals surface area contributed by atoms with Crippen molar-refractivity contribution in [2.75, 3.05) is 13.7 Å². The maximum atomic E-state index is 12.7. The number of aliphatic hydroxyl groups is 1. The molecular weight excluding hydrogens is 193 g/mol. The quantitative estimate of drug-likeness (QED) is 0.781. The van der Waals surface area contributed by atoms with Gasteiger partial charge in [-0.15, -0.1) is 0 Å². The molecule has 15 heavy (non-hydrogen) atoms. The predicted octanol–water partition coefficient (Wildman–Crippen LogP) is 2.10. The van der Waals surface area contributed by atoms with Gasteiger partial charge in [0.2, 0.25) is 0 Å². The third kappa shape index (κ3) is 3.01. The van der Waals surface area contributed by atoms with Crippen LogP contribution in [0, 0.1) is 11.7 Å². The van der Waals surface area contributed by atoms with Gasteiger partial charge in [-0.1, -0.05) is 19.1 Å². The van der Waals surface area contributed by atoms with E-state index in [0.717, 1.165) is 12.0 Å². The van der Waals surface area contributed by atoms with Crippen molar-refractivity contribution in [1.82, 2.24) is 5.32 Å². The van der Waals surface area contributed by atoms with Crippen molar-refractivity contribution in [3.63, 3.8) is 0 Å². The molecule has 2 N–H and O–H groups in total. The molecule has 0 radical (unpaired) electrons. The second-order valence-electron chi connectivity index (χ2n) is 3.67. The molecule has 0 aromatic heterocycles. The second kappa shape index (κ2) is 5.83. The van der Waals surface area contributed by atoms with Gasteiger partial charge >= 0.3 is 0 Å². The number of rotatable bonds is 5. The second-order valence-corrected chi connectivity index (χ2v) is 3.67. The van der Waals surface area contributed by atoms with Gasteiger partial charge < -0.3 is 10.4 Å². The number of nitrogens with one attached hydrogen (secondary N) is 1. The zero-order valence-corrected chi connectivity index (χ0v) is 9.20. The van der Waals surface area contributed by atoms with E-state index in [1.165, 1.54) is 12.1 Å². The molecule has 1 aromatic rings. The van der Waals surface area contributed by atoms with Crippen LogP contribution in [-0.2, 0) is 0 Å². The molecule has 0 saturated carbocycles. The molecule has 1 rings (SSSR count). The fourth-order valence-corrected chi connectivity index (χ4v) is 1.81. The predicted molar refractivity (Wildman–Crippen MR) is 59.1 cm³/mol. The Morgan fingerprint density at radius 3 is 2.33 bits per heavy atom. The van der Waals surface area contributed by atoms with Crippen LogP contribution < -0.4 is 5.32 Å². The summed E-state index contributed by atoms with van der Waals surface area (Å²) in [5.41, 5.74) is 1.01. The first-order valence-corrected chi connectivity index (χ1v) is 5.26. The monoisotopic (exact) mass is 211 g/mol. The highest BCUT2D eigenvalue weighted by molar-refractivity contribution is 5.20. The first-order valence-electron chi connectivity index (χ1n) is 5.26. The summed E-state index contributed by atoms with van der Waals surface area (Å²) in [7, 11) is 1.85. The van der Waals surface area contributed by atoms with Crippen molar-refractivity contribution >= 4 is 0 Å². The van der Waals surface area contributed by atoms with Crippen molar-refractivity contribution in [1.29, 1.82) is 0 Å². The SMILES string of the molecule is CCC(CO)C(NC)c1ccc(F)cc1. The third-order valence-corrected chi connectivity index (χ3v) is 2.77. The first kappa shape index (κ1) is 12.1. The Kier molecular flexibility index (Phi) is 4.72. The standard InChI is InChI=1S/C12H18FNO/c1-3-9(8-15)12(14-2)10-4-6-11(13)7-5-10/h4-7,9,12,14-15H,3,8H2,1-2H3. The molecule has 2 atom stereocenters. The summed E-state index contributed by atoms with van der Waals surface area (Å²) in [4.78, 5) is 0. The summed E-state index contributed by atoms with van der Waals surface area (Å²) in [6, 6.07) is 6.50. The Bertz CT molecular complexity index is 282. The van der Waals surface area contributed by atoms with E-state index >= 15 is 0 Å². The lowest BCUT2D eigenvalue weighted by Crippen LogP contribution is -2.27. The van der Waals surface area contributed by atoms with E-state index in [0.29, 0.717) is 0 Å². The molecule has 2 unspecified atom stereocenters. The maximum Gasteiger partial charge on any atom is 0.123 e. The van der Waals surface area contributed by atoms with Crippen molar-refractivity contribution in [2.24, 2.45) is 5.92 Å². The first-order chi connectivity index (χ1) is 7.22. The van der Waals surface area contributed by atoms with Crippen LogP contribution in [0.1, 0.15) is 24.9 Å². The average molecular weight is 211 g/mol. The highest BCUT2D eigenvalue weighted by Gasteiger charge is 2.19. The Morgan fingerprint density at radius 2 is 1.93 bits per heavy atom. The van der Waals surface area contributed by atoms with Gasteiger partial charge in [-0.25, -0.2) is 4.39 Å². The molecule has 0 saturated heterocycles. The molecule has 84 valence electrons. The fraction of sp³-hybridized carbons (Fsp3) is 0.500. The van der Waals surface area contributed by atoms with E-state index in [2.05, 4.69) is 5.32 Å². The van der Waals surface area contributed by atoms with Gasteiger partial charge in [-0.3, -0.25) is 0 Å². The number of hydrogen-bond donors (Lipinski definition) is 2. The third-order valence-electron chi connectivity index (χ3n) is 2.77. The van der Waals surface area contributed by atoms with Crippen LogP contribution in [0.4, 0.5) is 4.39 Å². The minimum Gasteiger partial charge on any atom is -0.396 e. The van der Waals surface area contributed by atoms with Crippen LogP contribution >= 0.6 is 0 Å². The van der Waals surface area contributed by atoms with E-state index in [1.807, 2.05) is 14.0 Å². The minimum absolute atomic E-state index is 0.0839. The van der Waals surface area contributed by atoms with E-state index < -0.39 is 0 Å². The van der Waals surface area contributed by atoms with E-state index in [-0.39, 0.29) is 24.4 Å². The molecule has 1 aromatic carbocycles.